The van der Waals surface area contributed by atoms with Crippen molar-refractivity contribution in [1.29, 1.82) is 0 Å². The van der Waals surface area contributed by atoms with Crippen molar-refractivity contribution in [3.05, 3.63) is 133 Å². The molecule has 0 atom stereocenters. The zero-order chi connectivity index (χ0) is 26.2. The third kappa shape index (κ3) is 3.05. The number of para-hydroxylation sites is 1. The van der Waals surface area contributed by atoms with Gasteiger partial charge in [-0.1, -0.05) is 109 Å². The molecule has 0 aliphatic carbocycles. The van der Waals surface area contributed by atoms with Crippen molar-refractivity contribution < 1.29 is 0 Å². The fourth-order valence-electron chi connectivity index (χ4n) is 6.50. The van der Waals surface area contributed by atoms with Gasteiger partial charge in [0.2, 0.25) is 0 Å². The molecule has 0 amide bonds. The van der Waals surface area contributed by atoms with Crippen LogP contribution in [0, 0.1) is 0 Å². The van der Waals surface area contributed by atoms with E-state index in [0.717, 1.165) is 38.2 Å². The number of benzene rings is 7. The van der Waals surface area contributed by atoms with Crippen LogP contribution >= 0.6 is 0 Å². The lowest BCUT2D eigenvalue weighted by Gasteiger charge is -2.12. The van der Waals surface area contributed by atoms with Gasteiger partial charge in [0.15, 0.2) is 5.65 Å². The van der Waals surface area contributed by atoms with Gasteiger partial charge in [0.05, 0.1) is 11.0 Å². The smallest absolute Gasteiger partial charge is 0.160 e. The Balaban J connectivity index is 1.68. The molecule has 0 saturated heterocycles. The van der Waals surface area contributed by atoms with Gasteiger partial charge in [0.25, 0.3) is 0 Å². The fraction of sp³-hybridized carbons (Fsp3) is 0. The zero-order valence-corrected chi connectivity index (χ0v) is 21.6. The Hall–Kier alpha value is -5.34. The van der Waals surface area contributed by atoms with Gasteiger partial charge in [-0.05, 0) is 78.1 Å². The highest BCUT2D eigenvalue weighted by Crippen LogP contribution is 2.38. The molecule has 2 aromatic heterocycles. The van der Waals surface area contributed by atoms with Crippen molar-refractivity contribution in [3.63, 3.8) is 0 Å². The van der Waals surface area contributed by atoms with E-state index in [0.29, 0.717) is 0 Å². The molecule has 0 radical (unpaired) electrons. The maximum absolute atomic E-state index is 5.21. The molecule has 0 saturated carbocycles. The molecule has 0 aliphatic rings. The number of hydrogen-bond acceptors (Lipinski definition) is 2. The van der Waals surface area contributed by atoms with Crippen molar-refractivity contribution >= 4 is 86.7 Å². The number of nitrogens with zero attached hydrogens (tertiary/aromatic N) is 2. The van der Waals surface area contributed by atoms with E-state index in [-0.39, 0.29) is 0 Å². The van der Waals surface area contributed by atoms with E-state index in [1.165, 1.54) is 48.5 Å². The molecule has 8 bridgehead atoms. The van der Waals surface area contributed by atoms with Gasteiger partial charge in [-0.15, -0.1) is 0 Å². The summed E-state index contributed by atoms with van der Waals surface area (Å²) in [6.45, 7) is 0. The fourth-order valence-corrected chi connectivity index (χ4v) is 6.50. The van der Waals surface area contributed by atoms with Crippen LogP contribution in [0.1, 0.15) is 0 Å². The number of fused-ring (bicyclic) bond motifs is 16. The second-order valence-electron chi connectivity index (χ2n) is 10.6. The van der Waals surface area contributed by atoms with Crippen molar-refractivity contribution in [2.24, 2.45) is 0 Å². The van der Waals surface area contributed by atoms with Crippen LogP contribution in [0.25, 0.3) is 86.7 Å². The Bertz CT molecular complexity index is 2540. The lowest BCUT2D eigenvalue weighted by atomic mass is 9.92. The number of hydrogen-bond donors (Lipinski definition) is 0. The molecule has 0 N–H and O–H groups in total. The summed E-state index contributed by atoms with van der Waals surface area (Å²) in [6.07, 6.45) is 0. The Morgan fingerprint density at radius 2 is 0.900 bits per heavy atom. The number of aromatic nitrogens is 2. The van der Waals surface area contributed by atoms with Crippen LogP contribution in [0.3, 0.4) is 0 Å². The van der Waals surface area contributed by atoms with E-state index in [4.69, 9.17) is 9.97 Å². The predicted octanol–water partition coefficient (Wildman–Crippen LogP) is 10.3. The second kappa shape index (κ2) is 8.08. The monoisotopic (exact) mass is 506 g/mol. The maximum atomic E-state index is 5.21. The molecule has 9 aromatic rings. The molecular formula is C38H22N2. The van der Waals surface area contributed by atoms with Crippen LogP contribution in [-0.4, -0.2) is 9.97 Å². The quantitative estimate of drug-likeness (QED) is 0.191. The molecule has 2 nitrogen and oxygen atoms in total. The minimum atomic E-state index is 0.743. The Labute approximate surface area is 229 Å². The van der Waals surface area contributed by atoms with E-state index in [1.807, 2.05) is 0 Å². The van der Waals surface area contributed by atoms with E-state index in [2.05, 4.69) is 133 Å². The van der Waals surface area contributed by atoms with Gasteiger partial charge in [-0.2, -0.15) is 0 Å². The topological polar surface area (TPSA) is 25.8 Å². The van der Waals surface area contributed by atoms with Gasteiger partial charge in [0.1, 0.15) is 0 Å². The average Bonchev–Trinajstić information content (AvgIpc) is 3.03. The molecule has 0 fully saturated rings. The van der Waals surface area contributed by atoms with Crippen molar-refractivity contribution in [1.82, 2.24) is 9.97 Å². The lowest BCUT2D eigenvalue weighted by molar-refractivity contribution is 1.38. The summed E-state index contributed by atoms with van der Waals surface area (Å²) in [6, 6.07) is 48.2. The maximum Gasteiger partial charge on any atom is 0.160 e. The van der Waals surface area contributed by atoms with Gasteiger partial charge >= 0.3 is 0 Å². The number of rotatable bonds is 0. The van der Waals surface area contributed by atoms with Crippen molar-refractivity contribution in [2.45, 2.75) is 0 Å². The second-order valence-corrected chi connectivity index (χ2v) is 10.6. The summed E-state index contributed by atoms with van der Waals surface area (Å²) in [4.78, 5) is 10.2. The minimum absolute atomic E-state index is 0.743. The molecule has 2 heterocycles. The first kappa shape index (κ1) is 21.6. The predicted molar refractivity (Wildman–Crippen MR) is 171 cm³/mol. The zero-order valence-electron chi connectivity index (χ0n) is 21.6. The van der Waals surface area contributed by atoms with Crippen LogP contribution in [0.15, 0.2) is 133 Å². The van der Waals surface area contributed by atoms with Gasteiger partial charge < -0.3 is 0 Å². The summed E-state index contributed by atoms with van der Waals surface area (Å²) >= 11 is 0. The van der Waals surface area contributed by atoms with Gasteiger partial charge in [-0.25, -0.2) is 9.97 Å². The highest BCUT2D eigenvalue weighted by Gasteiger charge is 2.11. The van der Waals surface area contributed by atoms with Crippen LogP contribution in [-0.2, 0) is 0 Å². The van der Waals surface area contributed by atoms with Crippen LogP contribution in [0.2, 0.25) is 0 Å². The highest BCUT2D eigenvalue weighted by molar-refractivity contribution is 6.27. The molecular weight excluding hydrogens is 484 g/mol. The summed E-state index contributed by atoms with van der Waals surface area (Å²) in [5.74, 6) is 0. The summed E-state index contributed by atoms with van der Waals surface area (Å²) in [7, 11) is 0. The van der Waals surface area contributed by atoms with Crippen molar-refractivity contribution in [3.8, 4) is 0 Å². The molecule has 0 unspecified atom stereocenters. The Morgan fingerprint density at radius 3 is 1.75 bits per heavy atom. The molecule has 40 heavy (non-hydrogen) atoms. The summed E-state index contributed by atoms with van der Waals surface area (Å²) in [5.41, 5.74) is 2.66. The van der Waals surface area contributed by atoms with E-state index in [9.17, 15) is 0 Å². The third-order valence-electron chi connectivity index (χ3n) is 8.38. The van der Waals surface area contributed by atoms with Crippen LogP contribution < -0.4 is 0 Å². The molecule has 2 heteroatoms. The Morgan fingerprint density at radius 1 is 0.300 bits per heavy atom. The minimum Gasteiger partial charge on any atom is -0.228 e. The van der Waals surface area contributed by atoms with Gasteiger partial charge in [-0.3, -0.25) is 0 Å². The first-order valence-corrected chi connectivity index (χ1v) is 13.7. The van der Waals surface area contributed by atoms with Gasteiger partial charge in [0, 0.05) is 16.2 Å². The SMILES string of the molecule is c1cc2cc(c1)c1ccccc1c1cc3c4cc(ccc4ccc3c3ccccc13)c1nc2nc2ccccc21. The molecule has 184 valence electrons. The molecule has 7 aromatic carbocycles. The van der Waals surface area contributed by atoms with E-state index in [1.54, 1.807) is 0 Å². The average molecular weight is 507 g/mol. The molecule has 0 aliphatic heterocycles. The lowest BCUT2D eigenvalue weighted by Crippen LogP contribution is -1.88. The van der Waals surface area contributed by atoms with Crippen molar-refractivity contribution in [2.75, 3.05) is 0 Å². The standard InChI is InChI=1S/C38H22N2/c1-2-11-28-27(10-1)24-8-7-9-26(20-24)38-39-36-15-6-5-14-32(36)37(40-38)25-17-16-23-18-19-31-29-12-3-4-13-30(29)34(28)22-35(31)33(23)21-25/h1-22H. The first-order valence-electron chi connectivity index (χ1n) is 13.7. The van der Waals surface area contributed by atoms with E-state index >= 15 is 0 Å². The van der Waals surface area contributed by atoms with Crippen LogP contribution in [0.5, 0.6) is 0 Å². The third-order valence-corrected chi connectivity index (χ3v) is 8.38. The normalized spacial score (nSPS) is 12.0. The summed E-state index contributed by atoms with van der Waals surface area (Å²) < 4.78 is 0. The molecule has 0 spiro atoms. The first-order chi connectivity index (χ1) is 19.8. The van der Waals surface area contributed by atoms with Crippen LogP contribution in [0.4, 0.5) is 0 Å². The molecule has 9 rings (SSSR count). The largest absolute Gasteiger partial charge is 0.228 e. The highest BCUT2D eigenvalue weighted by atomic mass is 14.9. The Kier molecular flexibility index (Phi) is 4.36. The van der Waals surface area contributed by atoms with E-state index < -0.39 is 0 Å². The summed E-state index contributed by atoms with van der Waals surface area (Å²) in [5, 5.41) is 15.5.